The monoisotopic (exact) mass is 327 g/mol. The van der Waals surface area contributed by atoms with E-state index in [1.807, 2.05) is 25.6 Å². The third-order valence-electron chi connectivity index (χ3n) is 4.14. The number of aryl methyl sites for hydroxylation is 2. The zero-order valence-electron chi connectivity index (χ0n) is 15.3. The minimum Gasteiger partial charge on any atom is -0.324 e. The number of benzene rings is 1. The third kappa shape index (κ3) is 5.77. The van der Waals surface area contributed by atoms with Crippen LogP contribution in [0.1, 0.15) is 49.6 Å². The van der Waals surface area contributed by atoms with Crippen LogP contribution in [0.15, 0.2) is 36.5 Å². The first-order chi connectivity index (χ1) is 11.4. The smallest absolute Gasteiger partial charge is 0.0825 e. The van der Waals surface area contributed by atoms with E-state index in [0.717, 1.165) is 37.9 Å². The topological polar surface area (TPSA) is 55.9 Å². The van der Waals surface area contributed by atoms with Crippen LogP contribution in [-0.2, 0) is 19.9 Å². The lowest BCUT2D eigenvalue weighted by molar-refractivity contribution is 0.396. The van der Waals surface area contributed by atoms with Crippen LogP contribution in [0, 0.1) is 6.92 Å². The van der Waals surface area contributed by atoms with Gasteiger partial charge in [-0.3, -0.25) is 4.68 Å². The van der Waals surface area contributed by atoms with Gasteiger partial charge in [0.05, 0.1) is 11.7 Å². The maximum Gasteiger partial charge on any atom is 0.0825 e. The predicted molar refractivity (Wildman–Crippen MR) is 101 cm³/mol. The molecule has 1 radical (unpaired) electrons. The fourth-order valence-electron chi connectivity index (χ4n) is 2.92. The van der Waals surface area contributed by atoms with Crippen molar-refractivity contribution in [3.05, 3.63) is 60.3 Å². The van der Waals surface area contributed by atoms with E-state index < -0.39 is 0 Å². The van der Waals surface area contributed by atoms with E-state index in [0.29, 0.717) is 0 Å². The number of nitrogens with two attached hydrogens (primary N) is 1. The molecule has 1 unspecified atom stereocenters. The van der Waals surface area contributed by atoms with Crippen LogP contribution in [0.25, 0.3) is 0 Å². The lowest BCUT2D eigenvalue weighted by Gasteiger charge is -2.25. The summed E-state index contributed by atoms with van der Waals surface area (Å²) in [7, 11) is 1.97. The first-order valence-corrected chi connectivity index (χ1v) is 8.77. The van der Waals surface area contributed by atoms with Crippen molar-refractivity contribution in [1.82, 2.24) is 15.1 Å². The zero-order chi connectivity index (χ0) is 17.6. The van der Waals surface area contributed by atoms with E-state index in [-0.39, 0.29) is 11.6 Å². The van der Waals surface area contributed by atoms with Crippen molar-refractivity contribution < 1.29 is 0 Å². The first-order valence-electron chi connectivity index (χ1n) is 8.77. The van der Waals surface area contributed by atoms with Crippen molar-refractivity contribution in [2.45, 2.75) is 51.1 Å². The SMILES string of the molecule is [CH2]Cc1cn(C)nc1C(CCCc1ccccc1)NCC(C)(C)N. The summed E-state index contributed by atoms with van der Waals surface area (Å²) in [4.78, 5) is 0. The normalized spacial score (nSPS) is 13.2. The average molecular weight is 327 g/mol. The van der Waals surface area contributed by atoms with Gasteiger partial charge in [0.25, 0.3) is 0 Å². The number of hydrogen-bond acceptors (Lipinski definition) is 3. The summed E-state index contributed by atoms with van der Waals surface area (Å²) in [6, 6.07) is 10.9. The molecule has 24 heavy (non-hydrogen) atoms. The van der Waals surface area contributed by atoms with Gasteiger partial charge >= 0.3 is 0 Å². The molecule has 0 saturated carbocycles. The van der Waals surface area contributed by atoms with E-state index in [9.17, 15) is 0 Å². The first kappa shape index (κ1) is 18.7. The molecule has 1 aromatic carbocycles. The fourth-order valence-corrected chi connectivity index (χ4v) is 2.92. The van der Waals surface area contributed by atoms with Gasteiger partial charge in [-0.15, -0.1) is 0 Å². The molecule has 0 saturated heterocycles. The highest BCUT2D eigenvalue weighted by Crippen LogP contribution is 2.23. The molecule has 1 atom stereocenters. The van der Waals surface area contributed by atoms with Crippen LogP contribution < -0.4 is 11.1 Å². The Kier molecular flexibility index (Phi) is 6.58. The third-order valence-corrected chi connectivity index (χ3v) is 4.14. The molecule has 0 spiro atoms. The molecular formula is C20H31N4. The molecule has 0 fully saturated rings. The van der Waals surface area contributed by atoms with Crippen molar-refractivity contribution >= 4 is 0 Å². The molecule has 131 valence electrons. The molecule has 0 bridgehead atoms. The quantitative estimate of drug-likeness (QED) is 0.744. The van der Waals surface area contributed by atoms with Crippen LogP contribution in [0.4, 0.5) is 0 Å². The summed E-state index contributed by atoms with van der Waals surface area (Å²) < 4.78 is 1.88. The minimum atomic E-state index is -0.239. The standard InChI is InChI=1S/C20H31N4/c1-5-17-14-24(4)23-19(17)18(22-15-20(2,3)21)13-9-12-16-10-7-6-8-11-16/h6-8,10-11,14,18,22H,1,5,9,12-13,15,21H2,2-4H3. The molecule has 1 aromatic heterocycles. The van der Waals surface area contributed by atoms with E-state index in [1.54, 1.807) is 0 Å². The van der Waals surface area contributed by atoms with Crippen molar-refractivity contribution in [2.75, 3.05) is 6.54 Å². The molecule has 0 aliphatic carbocycles. The van der Waals surface area contributed by atoms with Gasteiger partial charge in [-0.1, -0.05) is 30.3 Å². The van der Waals surface area contributed by atoms with Gasteiger partial charge in [0.1, 0.15) is 0 Å². The predicted octanol–water partition coefficient (Wildman–Crippen LogP) is 3.19. The fraction of sp³-hybridized carbons (Fsp3) is 0.500. The van der Waals surface area contributed by atoms with Crippen LogP contribution in [0.5, 0.6) is 0 Å². The van der Waals surface area contributed by atoms with E-state index in [1.165, 1.54) is 11.1 Å². The molecule has 0 aliphatic heterocycles. The van der Waals surface area contributed by atoms with Crippen LogP contribution in [0.3, 0.4) is 0 Å². The Hall–Kier alpha value is -1.65. The number of nitrogens with one attached hydrogen (secondary N) is 1. The summed E-state index contributed by atoms with van der Waals surface area (Å²) in [6.45, 7) is 8.89. The Labute approximate surface area is 146 Å². The molecule has 4 heteroatoms. The highest BCUT2D eigenvalue weighted by Gasteiger charge is 2.20. The summed E-state index contributed by atoms with van der Waals surface area (Å²) in [5.74, 6) is 0. The summed E-state index contributed by atoms with van der Waals surface area (Å²) in [6.07, 6.45) is 6.06. The lowest BCUT2D eigenvalue weighted by Crippen LogP contribution is -2.44. The molecule has 4 nitrogen and oxygen atoms in total. The molecule has 1 heterocycles. The molecule has 0 amide bonds. The van der Waals surface area contributed by atoms with Crippen LogP contribution >= 0.6 is 0 Å². The second-order valence-corrected chi connectivity index (χ2v) is 7.26. The van der Waals surface area contributed by atoms with Crippen molar-refractivity contribution in [2.24, 2.45) is 12.8 Å². The van der Waals surface area contributed by atoms with Crippen molar-refractivity contribution in [3.8, 4) is 0 Å². The summed E-state index contributed by atoms with van der Waals surface area (Å²) in [5.41, 5.74) is 9.63. The average Bonchev–Trinajstić information content (AvgIpc) is 2.91. The molecule has 2 rings (SSSR count). The Morgan fingerprint density at radius 3 is 2.62 bits per heavy atom. The van der Waals surface area contributed by atoms with E-state index >= 15 is 0 Å². The van der Waals surface area contributed by atoms with Gasteiger partial charge in [0.2, 0.25) is 0 Å². The van der Waals surface area contributed by atoms with Crippen molar-refractivity contribution in [1.29, 1.82) is 0 Å². The second kappa shape index (κ2) is 8.45. The second-order valence-electron chi connectivity index (χ2n) is 7.26. The Morgan fingerprint density at radius 1 is 1.29 bits per heavy atom. The Bertz CT molecular complexity index is 610. The number of nitrogens with zero attached hydrogens (tertiary/aromatic N) is 2. The Morgan fingerprint density at radius 2 is 2.00 bits per heavy atom. The van der Waals surface area contributed by atoms with Gasteiger partial charge in [0.15, 0.2) is 0 Å². The van der Waals surface area contributed by atoms with Gasteiger partial charge in [-0.25, -0.2) is 0 Å². The summed E-state index contributed by atoms with van der Waals surface area (Å²) in [5, 5.41) is 8.30. The van der Waals surface area contributed by atoms with E-state index in [4.69, 9.17) is 5.73 Å². The summed E-state index contributed by atoms with van der Waals surface area (Å²) >= 11 is 0. The van der Waals surface area contributed by atoms with Gasteiger partial charge in [-0.2, -0.15) is 5.10 Å². The maximum atomic E-state index is 6.16. The lowest BCUT2D eigenvalue weighted by atomic mass is 9.98. The molecular weight excluding hydrogens is 296 g/mol. The molecule has 0 aliphatic rings. The molecule has 2 aromatic rings. The number of aromatic nitrogens is 2. The highest BCUT2D eigenvalue weighted by atomic mass is 15.3. The zero-order valence-corrected chi connectivity index (χ0v) is 15.3. The minimum absolute atomic E-state index is 0.217. The van der Waals surface area contributed by atoms with Crippen molar-refractivity contribution in [3.63, 3.8) is 0 Å². The van der Waals surface area contributed by atoms with Crippen LogP contribution in [-0.4, -0.2) is 21.9 Å². The van der Waals surface area contributed by atoms with Crippen LogP contribution in [0.2, 0.25) is 0 Å². The largest absolute Gasteiger partial charge is 0.324 e. The maximum absolute atomic E-state index is 6.16. The highest BCUT2D eigenvalue weighted by molar-refractivity contribution is 5.22. The molecule has 3 N–H and O–H groups in total. The van der Waals surface area contributed by atoms with Gasteiger partial charge < -0.3 is 11.1 Å². The number of hydrogen-bond donors (Lipinski definition) is 2. The number of rotatable bonds is 9. The van der Waals surface area contributed by atoms with Gasteiger partial charge in [-0.05, 0) is 57.6 Å². The Balaban J connectivity index is 2.04. The van der Waals surface area contributed by atoms with E-state index in [2.05, 4.69) is 53.9 Å². The van der Waals surface area contributed by atoms with Gasteiger partial charge in [0, 0.05) is 25.3 Å².